The molecule has 0 aliphatic heterocycles. The molecular weight excluding hydrogens is 267 g/mol. The predicted octanol–water partition coefficient (Wildman–Crippen LogP) is 3.25. The Labute approximate surface area is 122 Å². The van der Waals surface area contributed by atoms with Crippen LogP contribution in [-0.2, 0) is 13.6 Å². The summed E-state index contributed by atoms with van der Waals surface area (Å²) in [7, 11) is 1.96. The highest BCUT2D eigenvalue weighted by molar-refractivity contribution is 5.98. The number of amides is 1. The minimum Gasteiger partial charge on any atom is -0.351 e. The van der Waals surface area contributed by atoms with Crippen LogP contribution >= 0.6 is 0 Å². The van der Waals surface area contributed by atoms with E-state index in [1.165, 1.54) is 12.1 Å². The Hall–Kier alpha value is -2.62. The average molecular weight is 282 g/mol. The van der Waals surface area contributed by atoms with Crippen LogP contribution in [0.25, 0.3) is 10.9 Å². The minimum atomic E-state index is -0.299. The standard InChI is InChI=1S/C17H15FN2O/c1-20-8-7-13-10-14(5-6-16(13)20)17(21)19-11-12-3-2-4-15(18)9-12/h2-10H,11H2,1H3,(H,19,21). The second-order valence-corrected chi connectivity index (χ2v) is 5.01. The summed E-state index contributed by atoms with van der Waals surface area (Å²) in [6, 6.07) is 13.8. The smallest absolute Gasteiger partial charge is 0.251 e. The van der Waals surface area contributed by atoms with Gasteiger partial charge in [-0.15, -0.1) is 0 Å². The van der Waals surface area contributed by atoms with Crippen molar-refractivity contribution < 1.29 is 9.18 Å². The first-order valence-corrected chi connectivity index (χ1v) is 6.71. The molecule has 1 N–H and O–H groups in total. The summed E-state index contributed by atoms with van der Waals surface area (Å²) < 4.78 is 15.1. The van der Waals surface area contributed by atoms with Gasteiger partial charge < -0.3 is 9.88 Å². The van der Waals surface area contributed by atoms with Crippen molar-refractivity contribution in [1.29, 1.82) is 0 Å². The number of carbonyl (C=O) groups is 1. The van der Waals surface area contributed by atoms with Crippen molar-refractivity contribution in [1.82, 2.24) is 9.88 Å². The molecule has 0 atom stereocenters. The molecule has 3 rings (SSSR count). The van der Waals surface area contributed by atoms with E-state index >= 15 is 0 Å². The van der Waals surface area contributed by atoms with Crippen LogP contribution in [0.5, 0.6) is 0 Å². The van der Waals surface area contributed by atoms with E-state index in [1.807, 2.05) is 36.0 Å². The zero-order valence-corrected chi connectivity index (χ0v) is 11.6. The van der Waals surface area contributed by atoms with Crippen LogP contribution in [0.1, 0.15) is 15.9 Å². The molecule has 2 aromatic carbocycles. The van der Waals surface area contributed by atoms with Gasteiger partial charge in [0.15, 0.2) is 0 Å². The Balaban J connectivity index is 1.74. The Kier molecular flexibility index (Phi) is 3.44. The van der Waals surface area contributed by atoms with E-state index in [0.717, 1.165) is 16.5 Å². The third-order valence-corrected chi connectivity index (χ3v) is 3.49. The largest absolute Gasteiger partial charge is 0.351 e. The summed E-state index contributed by atoms with van der Waals surface area (Å²) in [6.07, 6.45) is 1.96. The van der Waals surface area contributed by atoms with E-state index < -0.39 is 0 Å². The summed E-state index contributed by atoms with van der Waals surface area (Å²) in [5.74, 6) is -0.461. The lowest BCUT2D eigenvalue weighted by molar-refractivity contribution is 0.0951. The molecule has 0 aliphatic carbocycles. The third-order valence-electron chi connectivity index (χ3n) is 3.49. The number of carbonyl (C=O) groups excluding carboxylic acids is 1. The van der Waals surface area contributed by atoms with E-state index in [0.29, 0.717) is 12.1 Å². The fourth-order valence-electron chi connectivity index (χ4n) is 2.35. The van der Waals surface area contributed by atoms with Crippen LogP contribution in [0, 0.1) is 5.82 Å². The maximum Gasteiger partial charge on any atom is 0.251 e. The molecule has 0 unspecified atom stereocenters. The first-order valence-electron chi connectivity index (χ1n) is 6.71. The van der Waals surface area contributed by atoms with Gasteiger partial charge in [0.05, 0.1) is 0 Å². The van der Waals surface area contributed by atoms with Gasteiger partial charge >= 0.3 is 0 Å². The number of benzene rings is 2. The van der Waals surface area contributed by atoms with Crippen LogP contribution in [0.4, 0.5) is 4.39 Å². The van der Waals surface area contributed by atoms with Crippen molar-refractivity contribution in [3.63, 3.8) is 0 Å². The number of fused-ring (bicyclic) bond motifs is 1. The molecule has 0 aliphatic rings. The maximum absolute atomic E-state index is 13.1. The highest BCUT2D eigenvalue weighted by Crippen LogP contribution is 2.16. The van der Waals surface area contributed by atoms with Crippen molar-refractivity contribution in [2.45, 2.75) is 6.54 Å². The molecular formula is C17H15FN2O. The minimum absolute atomic E-state index is 0.162. The topological polar surface area (TPSA) is 34.0 Å². The van der Waals surface area contributed by atoms with Gasteiger partial charge in [0, 0.05) is 36.3 Å². The molecule has 0 saturated carbocycles. The van der Waals surface area contributed by atoms with E-state index in [1.54, 1.807) is 18.2 Å². The second-order valence-electron chi connectivity index (χ2n) is 5.01. The first kappa shape index (κ1) is 13.4. The summed E-state index contributed by atoms with van der Waals surface area (Å²) in [4.78, 5) is 12.1. The zero-order valence-electron chi connectivity index (χ0n) is 11.6. The summed E-state index contributed by atoms with van der Waals surface area (Å²) >= 11 is 0. The van der Waals surface area contributed by atoms with Crippen LogP contribution < -0.4 is 5.32 Å². The molecule has 1 amide bonds. The Morgan fingerprint density at radius 2 is 2.05 bits per heavy atom. The number of hydrogen-bond acceptors (Lipinski definition) is 1. The molecule has 21 heavy (non-hydrogen) atoms. The van der Waals surface area contributed by atoms with E-state index in [9.17, 15) is 9.18 Å². The van der Waals surface area contributed by atoms with Crippen molar-refractivity contribution in [2.24, 2.45) is 7.05 Å². The number of nitrogens with one attached hydrogen (secondary N) is 1. The van der Waals surface area contributed by atoms with Crippen molar-refractivity contribution in [2.75, 3.05) is 0 Å². The van der Waals surface area contributed by atoms with Gasteiger partial charge in [-0.1, -0.05) is 12.1 Å². The normalized spacial score (nSPS) is 10.8. The van der Waals surface area contributed by atoms with Crippen molar-refractivity contribution in [3.05, 3.63) is 71.7 Å². The van der Waals surface area contributed by atoms with Crippen molar-refractivity contribution in [3.8, 4) is 0 Å². The Bertz CT molecular complexity index is 807. The first-order chi connectivity index (χ1) is 10.1. The van der Waals surface area contributed by atoms with Gasteiger partial charge in [0.25, 0.3) is 5.91 Å². The van der Waals surface area contributed by atoms with Gasteiger partial charge in [-0.05, 0) is 42.0 Å². The molecule has 1 aromatic heterocycles. The van der Waals surface area contributed by atoms with Crippen LogP contribution in [0.2, 0.25) is 0 Å². The predicted molar refractivity (Wildman–Crippen MR) is 80.5 cm³/mol. The number of hydrogen-bond donors (Lipinski definition) is 1. The molecule has 0 spiro atoms. The molecule has 0 fully saturated rings. The van der Waals surface area contributed by atoms with Crippen LogP contribution in [-0.4, -0.2) is 10.5 Å². The van der Waals surface area contributed by atoms with Gasteiger partial charge in [0.1, 0.15) is 5.82 Å². The number of aromatic nitrogens is 1. The number of rotatable bonds is 3. The van der Waals surface area contributed by atoms with Gasteiger partial charge in [-0.3, -0.25) is 4.79 Å². The van der Waals surface area contributed by atoms with Gasteiger partial charge in [-0.2, -0.15) is 0 Å². The van der Waals surface area contributed by atoms with E-state index in [4.69, 9.17) is 0 Å². The summed E-state index contributed by atoms with van der Waals surface area (Å²) in [5.41, 5.74) is 2.42. The van der Waals surface area contributed by atoms with Crippen LogP contribution in [0.15, 0.2) is 54.7 Å². The lowest BCUT2D eigenvalue weighted by Gasteiger charge is -2.06. The highest BCUT2D eigenvalue weighted by Gasteiger charge is 2.07. The van der Waals surface area contributed by atoms with E-state index in [2.05, 4.69) is 5.32 Å². The van der Waals surface area contributed by atoms with E-state index in [-0.39, 0.29) is 11.7 Å². The lowest BCUT2D eigenvalue weighted by Crippen LogP contribution is -2.22. The fraction of sp³-hybridized carbons (Fsp3) is 0.118. The molecule has 3 nitrogen and oxygen atoms in total. The summed E-state index contributed by atoms with van der Waals surface area (Å²) in [6.45, 7) is 0.309. The van der Waals surface area contributed by atoms with Gasteiger partial charge in [0.2, 0.25) is 0 Å². The molecule has 106 valence electrons. The number of halogens is 1. The number of aryl methyl sites for hydroxylation is 1. The SMILES string of the molecule is Cn1ccc2cc(C(=O)NCc3cccc(F)c3)ccc21. The highest BCUT2D eigenvalue weighted by atomic mass is 19.1. The number of nitrogens with zero attached hydrogens (tertiary/aromatic N) is 1. The quantitative estimate of drug-likeness (QED) is 0.786. The Morgan fingerprint density at radius 1 is 1.19 bits per heavy atom. The molecule has 4 heteroatoms. The third kappa shape index (κ3) is 2.79. The monoisotopic (exact) mass is 282 g/mol. The van der Waals surface area contributed by atoms with Crippen LogP contribution in [0.3, 0.4) is 0 Å². The molecule has 0 radical (unpaired) electrons. The molecule has 3 aromatic rings. The van der Waals surface area contributed by atoms with Crippen molar-refractivity contribution >= 4 is 16.8 Å². The lowest BCUT2D eigenvalue weighted by atomic mass is 10.1. The average Bonchev–Trinajstić information content (AvgIpc) is 2.86. The molecule has 1 heterocycles. The Morgan fingerprint density at radius 3 is 2.86 bits per heavy atom. The maximum atomic E-state index is 13.1. The zero-order chi connectivity index (χ0) is 14.8. The molecule has 0 saturated heterocycles. The fourth-order valence-corrected chi connectivity index (χ4v) is 2.35. The van der Waals surface area contributed by atoms with Gasteiger partial charge in [-0.25, -0.2) is 4.39 Å². The molecule has 0 bridgehead atoms. The summed E-state index contributed by atoms with van der Waals surface area (Å²) in [5, 5.41) is 3.83. The second kappa shape index (κ2) is 5.40.